The first kappa shape index (κ1) is 20.2. The van der Waals surface area contributed by atoms with Gasteiger partial charge in [-0.3, -0.25) is 4.98 Å². The molecule has 0 bridgehead atoms. The van der Waals surface area contributed by atoms with Gasteiger partial charge in [-0.05, 0) is 55.7 Å². The van der Waals surface area contributed by atoms with Crippen molar-refractivity contribution in [3.8, 4) is 22.9 Å². The molecule has 1 amide bonds. The number of rotatable bonds is 8. The van der Waals surface area contributed by atoms with Gasteiger partial charge in [-0.15, -0.1) is 0 Å². The molecule has 1 aromatic heterocycles. The number of aryl methyl sites for hydroxylation is 1. The van der Waals surface area contributed by atoms with E-state index >= 15 is 0 Å². The number of benzene rings is 1. The number of nitrogens with one attached hydrogen (secondary N) is 1. The number of nitrogens with zero attached hydrogens (tertiary/aromatic N) is 2. The van der Waals surface area contributed by atoms with Crippen molar-refractivity contribution in [1.29, 1.82) is 5.26 Å². The Hall–Kier alpha value is -3.11. The van der Waals surface area contributed by atoms with E-state index in [4.69, 9.17) is 14.6 Å². The van der Waals surface area contributed by atoms with Crippen LogP contribution in [0.2, 0.25) is 0 Å². The second-order valence-corrected chi connectivity index (χ2v) is 6.26. The summed E-state index contributed by atoms with van der Waals surface area (Å²) in [6, 6.07) is 11.2. The molecule has 0 aliphatic rings. The summed E-state index contributed by atoms with van der Waals surface area (Å²) >= 11 is 0. The molecule has 0 saturated heterocycles. The summed E-state index contributed by atoms with van der Waals surface area (Å²) in [6.45, 7) is 3.88. The molecule has 2 N–H and O–H groups in total. The molecule has 2 unspecified atom stereocenters. The summed E-state index contributed by atoms with van der Waals surface area (Å²) in [6.07, 6.45) is 0.809. The second kappa shape index (κ2) is 9.55. The molecule has 2 rings (SSSR count). The van der Waals surface area contributed by atoms with Gasteiger partial charge < -0.3 is 19.9 Å². The highest BCUT2D eigenvalue weighted by atomic mass is 16.5. The molecular formula is C20H23N3O4. The Morgan fingerprint density at radius 2 is 2.07 bits per heavy atom. The molecule has 2 atom stereocenters. The van der Waals surface area contributed by atoms with Gasteiger partial charge in [0.2, 0.25) is 0 Å². The van der Waals surface area contributed by atoms with Crippen LogP contribution in [0.4, 0.5) is 4.79 Å². The van der Waals surface area contributed by atoms with E-state index < -0.39 is 6.09 Å². The molecule has 0 fully saturated rings. The number of amides is 1. The Morgan fingerprint density at radius 1 is 1.33 bits per heavy atom. The van der Waals surface area contributed by atoms with Crippen molar-refractivity contribution in [2.75, 3.05) is 13.7 Å². The largest absolute Gasteiger partial charge is 0.489 e. The molecule has 2 aromatic rings. The van der Waals surface area contributed by atoms with Crippen LogP contribution in [0, 0.1) is 18.3 Å². The minimum absolute atomic E-state index is 0.213. The minimum Gasteiger partial charge on any atom is -0.489 e. The SMILES string of the molecule is COC(COc1ccc(-c2ccnc(C)c2)cc1C#N)CC(C)NC(=O)O. The van der Waals surface area contributed by atoms with Crippen LogP contribution in [0.1, 0.15) is 24.6 Å². The monoisotopic (exact) mass is 369 g/mol. The maximum absolute atomic E-state index is 10.7. The lowest BCUT2D eigenvalue weighted by Crippen LogP contribution is -2.36. The number of hydrogen-bond acceptors (Lipinski definition) is 5. The molecule has 0 radical (unpaired) electrons. The fourth-order valence-electron chi connectivity index (χ4n) is 2.73. The van der Waals surface area contributed by atoms with Crippen LogP contribution in [0.15, 0.2) is 36.5 Å². The van der Waals surface area contributed by atoms with Crippen LogP contribution in [-0.4, -0.2) is 42.0 Å². The van der Waals surface area contributed by atoms with Crippen molar-refractivity contribution >= 4 is 6.09 Å². The lowest BCUT2D eigenvalue weighted by atomic mass is 10.0. The smallest absolute Gasteiger partial charge is 0.404 e. The van der Waals surface area contributed by atoms with Crippen molar-refractivity contribution < 1.29 is 19.4 Å². The summed E-state index contributed by atoms with van der Waals surface area (Å²) in [5, 5.41) is 20.6. The molecule has 27 heavy (non-hydrogen) atoms. The van der Waals surface area contributed by atoms with E-state index in [1.165, 1.54) is 0 Å². The Bertz CT molecular complexity index is 832. The highest BCUT2D eigenvalue weighted by Gasteiger charge is 2.16. The molecule has 0 aliphatic heterocycles. The highest BCUT2D eigenvalue weighted by molar-refractivity contribution is 5.67. The third-order valence-corrected chi connectivity index (χ3v) is 4.07. The van der Waals surface area contributed by atoms with Crippen LogP contribution in [-0.2, 0) is 4.74 Å². The molecule has 142 valence electrons. The number of carbonyl (C=O) groups is 1. The van der Waals surface area contributed by atoms with Crippen LogP contribution in [0.5, 0.6) is 5.75 Å². The zero-order valence-corrected chi connectivity index (χ0v) is 15.6. The van der Waals surface area contributed by atoms with Gasteiger partial charge in [0.15, 0.2) is 0 Å². The third kappa shape index (κ3) is 5.97. The van der Waals surface area contributed by atoms with E-state index in [0.717, 1.165) is 16.8 Å². The second-order valence-electron chi connectivity index (χ2n) is 6.26. The van der Waals surface area contributed by atoms with Gasteiger partial charge in [0.05, 0.1) is 11.7 Å². The van der Waals surface area contributed by atoms with E-state index in [9.17, 15) is 10.1 Å². The molecule has 7 heteroatoms. The highest BCUT2D eigenvalue weighted by Crippen LogP contribution is 2.27. The third-order valence-electron chi connectivity index (χ3n) is 4.07. The molecular weight excluding hydrogens is 346 g/mol. The molecule has 1 heterocycles. The van der Waals surface area contributed by atoms with Crippen LogP contribution >= 0.6 is 0 Å². The van der Waals surface area contributed by atoms with Gasteiger partial charge >= 0.3 is 6.09 Å². The zero-order valence-electron chi connectivity index (χ0n) is 15.6. The normalized spacial score (nSPS) is 12.7. The van der Waals surface area contributed by atoms with Gasteiger partial charge in [0, 0.05) is 25.0 Å². The van der Waals surface area contributed by atoms with Crippen LogP contribution in [0.25, 0.3) is 11.1 Å². The predicted octanol–water partition coefficient (Wildman–Crippen LogP) is 3.37. The number of hydrogen-bond donors (Lipinski definition) is 2. The topological polar surface area (TPSA) is 104 Å². The Morgan fingerprint density at radius 3 is 2.70 bits per heavy atom. The minimum atomic E-state index is -1.08. The van der Waals surface area contributed by atoms with Gasteiger partial charge in [-0.1, -0.05) is 6.07 Å². The van der Waals surface area contributed by atoms with Crippen LogP contribution in [0.3, 0.4) is 0 Å². The van der Waals surface area contributed by atoms with Crippen molar-refractivity contribution in [2.45, 2.75) is 32.4 Å². The molecule has 1 aromatic carbocycles. The predicted molar refractivity (Wildman–Crippen MR) is 101 cm³/mol. The lowest BCUT2D eigenvalue weighted by Gasteiger charge is -2.20. The standard InChI is InChI=1S/C20H23N3O4/c1-13-8-16(6-7-22-13)15-4-5-19(17(10-15)11-21)27-12-18(26-3)9-14(2)23-20(24)25/h4-8,10,14,18,23H,9,12H2,1-3H3,(H,24,25). The fourth-order valence-corrected chi connectivity index (χ4v) is 2.73. The lowest BCUT2D eigenvalue weighted by molar-refractivity contribution is 0.0458. The molecule has 0 spiro atoms. The van der Waals surface area contributed by atoms with E-state index in [-0.39, 0.29) is 18.8 Å². The number of aromatic nitrogens is 1. The number of ether oxygens (including phenoxy) is 2. The van der Waals surface area contributed by atoms with E-state index in [1.807, 2.05) is 25.1 Å². The van der Waals surface area contributed by atoms with Crippen molar-refractivity contribution in [3.05, 3.63) is 47.8 Å². The van der Waals surface area contributed by atoms with E-state index in [2.05, 4.69) is 16.4 Å². The van der Waals surface area contributed by atoms with E-state index in [0.29, 0.717) is 17.7 Å². The summed E-state index contributed by atoms with van der Waals surface area (Å²) in [4.78, 5) is 14.9. The maximum atomic E-state index is 10.7. The van der Waals surface area contributed by atoms with Crippen LogP contribution < -0.4 is 10.1 Å². The zero-order chi connectivity index (χ0) is 19.8. The Labute approximate surface area is 158 Å². The average molecular weight is 369 g/mol. The van der Waals surface area contributed by atoms with Gasteiger partial charge in [-0.2, -0.15) is 5.26 Å². The molecule has 0 saturated carbocycles. The summed E-state index contributed by atoms with van der Waals surface area (Å²) < 4.78 is 11.1. The van der Waals surface area contributed by atoms with Gasteiger partial charge in [0.1, 0.15) is 18.4 Å². The fraction of sp³-hybridized carbons (Fsp3) is 0.350. The van der Waals surface area contributed by atoms with Crippen molar-refractivity contribution in [3.63, 3.8) is 0 Å². The Balaban J connectivity index is 2.08. The number of methoxy groups -OCH3 is 1. The first-order valence-corrected chi connectivity index (χ1v) is 8.55. The average Bonchev–Trinajstić information content (AvgIpc) is 2.64. The van der Waals surface area contributed by atoms with Gasteiger partial charge in [-0.25, -0.2) is 4.79 Å². The first-order valence-electron chi connectivity index (χ1n) is 8.55. The molecule has 7 nitrogen and oxygen atoms in total. The number of nitriles is 1. The van der Waals surface area contributed by atoms with Crippen molar-refractivity contribution in [1.82, 2.24) is 10.3 Å². The summed E-state index contributed by atoms with van der Waals surface area (Å²) in [7, 11) is 1.54. The first-order chi connectivity index (χ1) is 12.9. The Kier molecular flexibility index (Phi) is 7.15. The molecule has 0 aliphatic carbocycles. The summed E-state index contributed by atoms with van der Waals surface area (Å²) in [5.74, 6) is 0.466. The van der Waals surface area contributed by atoms with Crippen molar-refractivity contribution in [2.24, 2.45) is 0 Å². The summed E-state index contributed by atoms with van der Waals surface area (Å²) in [5.41, 5.74) is 3.22. The number of carboxylic acid groups (broad SMARTS) is 1. The van der Waals surface area contributed by atoms with E-state index in [1.54, 1.807) is 32.4 Å². The quantitative estimate of drug-likeness (QED) is 0.739. The maximum Gasteiger partial charge on any atom is 0.404 e. The van der Waals surface area contributed by atoms with Gasteiger partial charge in [0.25, 0.3) is 0 Å². The number of pyridine rings is 1.